The maximum Gasteiger partial charge on any atom is 0.321 e. The quantitative estimate of drug-likeness (QED) is 0.606. The molecule has 0 aliphatic carbocycles. The number of carbonyl (C=O) groups excluding carboxylic acids is 2. The second kappa shape index (κ2) is 9.33. The van der Waals surface area contributed by atoms with Crippen LogP contribution in [-0.2, 0) is 11.8 Å². The third-order valence-electron chi connectivity index (χ3n) is 4.08. The summed E-state index contributed by atoms with van der Waals surface area (Å²) in [6.07, 6.45) is 0. The molecule has 0 radical (unpaired) electrons. The molecule has 0 fully saturated rings. The van der Waals surface area contributed by atoms with E-state index in [9.17, 15) is 14.0 Å². The highest BCUT2D eigenvalue weighted by atomic mass is 32.2. The predicted octanol–water partition coefficient (Wildman–Crippen LogP) is 3.30. The highest BCUT2D eigenvalue weighted by Gasteiger charge is 2.26. The van der Waals surface area contributed by atoms with Gasteiger partial charge in [-0.25, -0.2) is 9.18 Å². The highest BCUT2D eigenvalue weighted by molar-refractivity contribution is 8.00. The van der Waals surface area contributed by atoms with Crippen molar-refractivity contribution in [2.45, 2.75) is 17.3 Å². The summed E-state index contributed by atoms with van der Waals surface area (Å²) in [6, 6.07) is 14.5. The Kier molecular flexibility index (Phi) is 6.61. The maximum absolute atomic E-state index is 13.2. The van der Waals surface area contributed by atoms with Gasteiger partial charge in [0.1, 0.15) is 11.1 Å². The fourth-order valence-corrected chi connectivity index (χ4v) is 3.66. The van der Waals surface area contributed by atoms with Gasteiger partial charge < -0.3 is 9.88 Å². The fourth-order valence-electron chi connectivity index (χ4n) is 2.66. The molecule has 0 aliphatic heterocycles. The molecule has 3 aromatic rings. The van der Waals surface area contributed by atoms with Crippen LogP contribution in [0.1, 0.15) is 17.7 Å². The van der Waals surface area contributed by atoms with E-state index in [1.165, 1.54) is 23.9 Å². The number of aromatic nitrogens is 3. The lowest BCUT2D eigenvalue weighted by Crippen LogP contribution is -2.41. The van der Waals surface area contributed by atoms with Crippen LogP contribution < -0.4 is 10.6 Å². The minimum Gasteiger partial charge on any atom is -0.338 e. The van der Waals surface area contributed by atoms with E-state index < -0.39 is 17.2 Å². The number of hydrogen-bond acceptors (Lipinski definition) is 5. The largest absolute Gasteiger partial charge is 0.338 e. The van der Waals surface area contributed by atoms with Gasteiger partial charge in [0.05, 0.1) is 0 Å². The Balaban J connectivity index is 1.87. The maximum atomic E-state index is 13.2. The number of carbonyl (C=O) groups is 2. The Bertz CT molecular complexity index is 992. The van der Waals surface area contributed by atoms with Crippen molar-refractivity contribution in [3.63, 3.8) is 0 Å². The molecule has 1 atom stereocenters. The Morgan fingerprint density at radius 1 is 1.10 bits per heavy atom. The number of imide groups is 1. The van der Waals surface area contributed by atoms with Crippen LogP contribution in [0, 0.1) is 5.82 Å². The van der Waals surface area contributed by atoms with Gasteiger partial charge in [0.25, 0.3) is 0 Å². The van der Waals surface area contributed by atoms with Gasteiger partial charge in [0.2, 0.25) is 5.91 Å². The van der Waals surface area contributed by atoms with Crippen LogP contribution in [0.3, 0.4) is 0 Å². The van der Waals surface area contributed by atoms with Crippen molar-refractivity contribution in [2.75, 3.05) is 6.54 Å². The van der Waals surface area contributed by atoms with Crippen molar-refractivity contribution in [2.24, 2.45) is 7.05 Å². The van der Waals surface area contributed by atoms with Gasteiger partial charge in [0.15, 0.2) is 11.0 Å². The van der Waals surface area contributed by atoms with Gasteiger partial charge in [-0.15, -0.1) is 10.2 Å². The number of halogens is 1. The van der Waals surface area contributed by atoms with Crippen LogP contribution in [0.15, 0.2) is 59.8 Å². The molecule has 0 saturated heterocycles. The molecule has 150 valence electrons. The van der Waals surface area contributed by atoms with E-state index in [0.717, 1.165) is 5.56 Å². The van der Waals surface area contributed by atoms with Crippen LogP contribution in [0.5, 0.6) is 0 Å². The van der Waals surface area contributed by atoms with Crippen molar-refractivity contribution in [1.29, 1.82) is 0 Å². The molecule has 1 aromatic heterocycles. The average molecular weight is 413 g/mol. The fraction of sp³-hybridized carbons (Fsp3) is 0.200. The lowest BCUT2D eigenvalue weighted by Gasteiger charge is -2.16. The second-order valence-corrected chi connectivity index (χ2v) is 7.20. The third-order valence-corrected chi connectivity index (χ3v) is 5.36. The van der Waals surface area contributed by atoms with Crippen molar-refractivity contribution in [3.05, 3.63) is 66.0 Å². The molecule has 2 aromatic carbocycles. The van der Waals surface area contributed by atoms with E-state index in [1.54, 1.807) is 30.7 Å². The first-order valence-corrected chi connectivity index (χ1v) is 9.83. The first kappa shape index (κ1) is 20.5. The molecular formula is C20H20FN5O2S. The predicted molar refractivity (Wildman–Crippen MR) is 109 cm³/mol. The molecule has 29 heavy (non-hydrogen) atoms. The Morgan fingerprint density at radius 3 is 2.45 bits per heavy atom. The summed E-state index contributed by atoms with van der Waals surface area (Å²) in [5, 5.41) is 13.0. The van der Waals surface area contributed by atoms with E-state index in [0.29, 0.717) is 23.1 Å². The molecule has 0 saturated carbocycles. The Hall–Kier alpha value is -3.20. The molecule has 7 nitrogen and oxygen atoms in total. The summed E-state index contributed by atoms with van der Waals surface area (Å²) >= 11 is 1.18. The summed E-state index contributed by atoms with van der Waals surface area (Å²) in [7, 11) is 1.77. The molecule has 1 heterocycles. The van der Waals surface area contributed by atoms with Crippen LogP contribution >= 0.6 is 11.8 Å². The van der Waals surface area contributed by atoms with Gasteiger partial charge >= 0.3 is 6.03 Å². The van der Waals surface area contributed by atoms with Gasteiger partial charge in [0, 0.05) is 19.2 Å². The lowest BCUT2D eigenvalue weighted by atomic mass is 10.1. The zero-order valence-corrected chi connectivity index (χ0v) is 16.7. The Labute approximate surface area is 171 Å². The number of nitrogens with zero attached hydrogens (tertiary/aromatic N) is 3. The van der Waals surface area contributed by atoms with Crippen molar-refractivity contribution >= 4 is 23.7 Å². The number of urea groups is 1. The molecule has 3 rings (SSSR count). The topological polar surface area (TPSA) is 88.9 Å². The van der Waals surface area contributed by atoms with Crippen LogP contribution in [-0.4, -0.2) is 33.2 Å². The number of rotatable bonds is 6. The SMILES string of the molecule is CCNC(=O)NC(=O)[C@H](Sc1nnc(-c2ccc(F)cc2)n1C)c1ccccc1. The molecule has 0 unspecified atom stereocenters. The Morgan fingerprint density at radius 2 is 1.79 bits per heavy atom. The zero-order chi connectivity index (χ0) is 20.8. The first-order chi connectivity index (χ1) is 14.0. The molecule has 2 N–H and O–H groups in total. The van der Waals surface area contributed by atoms with Gasteiger partial charge in [-0.1, -0.05) is 42.1 Å². The van der Waals surface area contributed by atoms with Crippen LogP contribution in [0.25, 0.3) is 11.4 Å². The highest BCUT2D eigenvalue weighted by Crippen LogP contribution is 2.35. The average Bonchev–Trinajstić information content (AvgIpc) is 3.07. The number of hydrogen-bond donors (Lipinski definition) is 2. The second-order valence-electron chi connectivity index (χ2n) is 6.13. The summed E-state index contributed by atoms with van der Waals surface area (Å²) in [6.45, 7) is 2.18. The molecule has 0 bridgehead atoms. The smallest absolute Gasteiger partial charge is 0.321 e. The van der Waals surface area contributed by atoms with Crippen LogP contribution in [0.2, 0.25) is 0 Å². The first-order valence-electron chi connectivity index (χ1n) is 8.95. The number of thioether (sulfide) groups is 1. The summed E-state index contributed by atoms with van der Waals surface area (Å²) in [5.41, 5.74) is 1.43. The molecular weight excluding hydrogens is 393 g/mol. The number of nitrogens with one attached hydrogen (secondary N) is 2. The zero-order valence-electron chi connectivity index (χ0n) is 15.9. The summed E-state index contributed by atoms with van der Waals surface area (Å²) < 4.78 is 14.9. The molecule has 0 spiro atoms. The van der Waals surface area contributed by atoms with Gasteiger partial charge in [-0.3, -0.25) is 10.1 Å². The minimum absolute atomic E-state index is 0.336. The van der Waals surface area contributed by atoms with Gasteiger partial charge in [-0.05, 0) is 36.8 Å². The van der Waals surface area contributed by atoms with E-state index in [1.807, 2.05) is 30.3 Å². The standard InChI is InChI=1S/C20H20FN5O2S/c1-3-22-19(28)23-18(27)16(13-7-5-4-6-8-13)29-20-25-24-17(26(20)2)14-9-11-15(21)12-10-14/h4-12,16H,3H2,1-2H3,(H2,22,23,27,28)/t16-/m1/s1. The van der Waals surface area contributed by atoms with Crippen molar-refractivity contribution < 1.29 is 14.0 Å². The molecule has 3 amide bonds. The number of amides is 3. The monoisotopic (exact) mass is 413 g/mol. The normalized spacial score (nSPS) is 11.7. The lowest BCUT2D eigenvalue weighted by molar-refractivity contribution is -0.119. The van der Waals surface area contributed by atoms with Gasteiger partial charge in [-0.2, -0.15) is 0 Å². The van der Waals surface area contributed by atoms with Crippen molar-refractivity contribution in [3.8, 4) is 11.4 Å². The van der Waals surface area contributed by atoms with Crippen molar-refractivity contribution in [1.82, 2.24) is 25.4 Å². The van der Waals surface area contributed by atoms with E-state index >= 15 is 0 Å². The van der Waals surface area contributed by atoms with E-state index in [2.05, 4.69) is 20.8 Å². The third kappa shape index (κ3) is 5.00. The summed E-state index contributed by atoms with van der Waals surface area (Å²) in [4.78, 5) is 24.6. The van der Waals surface area contributed by atoms with E-state index in [4.69, 9.17) is 0 Å². The van der Waals surface area contributed by atoms with E-state index in [-0.39, 0.29) is 5.82 Å². The number of benzene rings is 2. The minimum atomic E-state index is -0.706. The summed E-state index contributed by atoms with van der Waals surface area (Å²) in [5.74, 6) is -0.251. The molecule has 0 aliphatic rings. The van der Waals surface area contributed by atoms with Crippen LogP contribution in [0.4, 0.5) is 9.18 Å². The molecule has 9 heteroatoms.